The molecule has 1 saturated heterocycles. The van der Waals surface area contributed by atoms with Crippen molar-refractivity contribution in [2.75, 3.05) is 19.6 Å². The lowest BCUT2D eigenvalue weighted by molar-refractivity contribution is 0.152. The summed E-state index contributed by atoms with van der Waals surface area (Å²) in [5.74, 6) is 0.938. The van der Waals surface area contributed by atoms with Crippen LogP contribution in [0.15, 0.2) is 35.2 Å². The summed E-state index contributed by atoms with van der Waals surface area (Å²) in [6.45, 7) is 8.08. The van der Waals surface area contributed by atoms with Gasteiger partial charge in [0.15, 0.2) is 0 Å². The van der Waals surface area contributed by atoms with E-state index in [2.05, 4.69) is 58.7 Å². The second-order valence-electron chi connectivity index (χ2n) is 5.91. The van der Waals surface area contributed by atoms with Crippen molar-refractivity contribution >= 4 is 11.3 Å². The molecule has 3 rings (SSSR count). The molecule has 1 fully saturated rings. The van der Waals surface area contributed by atoms with E-state index in [-0.39, 0.29) is 6.10 Å². The van der Waals surface area contributed by atoms with E-state index in [0.717, 1.165) is 37.6 Å². The zero-order chi connectivity index (χ0) is 15.4. The van der Waals surface area contributed by atoms with Gasteiger partial charge in [-0.1, -0.05) is 12.1 Å². The normalized spacial score (nSPS) is 19.5. The Kier molecular flexibility index (Phi) is 5.08. The Morgan fingerprint density at radius 1 is 1.36 bits per heavy atom. The van der Waals surface area contributed by atoms with Gasteiger partial charge in [-0.15, -0.1) is 11.3 Å². The van der Waals surface area contributed by atoms with E-state index in [4.69, 9.17) is 4.74 Å². The van der Waals surface area contributed by atoms with Crippen molar-refractivity contribution in [3.8, 4) is 5.75 Å². The molecule has 0 radical (unpaired) electrons. The molecule has 0 aliphatic carbocycles. The van der Waals surface area contributed by atoms with Crippen LogP contribution in [0.4, 0.5) is 0 Å². The molecule has 1 aromatic heterocycles. The van der Waals surface area contributed by atoms with Crippen LogP contribution in [0.3, 0.4) is 0 Å². The minimum atomic E-state index is 0.211. The Hall–Kier alpha value is -1.43. The number of piperazine rings is 1. The molecule has 0 bridgehead atoms. The predicted molar refractivity (Wildman–Crippen MR) is 90.3 cm³/mol. The highest BCUT2D eigenvalue weighted by Gasteiger charge is 2.24. The van der Waals surface area contributed by atoms with E-state index >= 15 is 0 Å². The highest BCUT2D eigenvalue weighted by Crippen LogP contribution is 2.26. The van der Waals surface area contributed by atoms with Crippen molar-refractivity contribution in [1.29, 1.82) is 0 Å². The molecule has 0 amide bonds. The van der Waals surface area contributed by atoms with Crippen LogP contribution < -0.4 is 10.1 Å². The largest absolute Gasteiger partial charge is 0.491 e. The Morgan fingerprint density at radius 2 is 2.18 bits per heavy atom. The molecule has 118 valence electrons. The topological polar surface area (TPSA) is 37.4 Å². The highest BCUT2D eigenvalue weighted by atomic mass is 32.1. The van der Waals surface area contributed by atoms with Crippen molar-refractivity contribution in [2.45, 2.75) is 32.5 Å². The molecule has 1 aliphatic rings. The van der Waals surface area contributed by atoms with Crippen LogP contribution in [0.25, 0.3) is 0 Å². The quantitative estimate of drug-likeness (QED) is 0.919. The molecule has 4 nitrogen and oxygen atoms in total. The summed E-state index contributed by atoms with van der Waals surface area (Å²) in [6, 6.07) is 8.91. The van der Waals surface area contributed by atoms with Crippen LogP contribution in [-0.2, 0) is 6.54 Å². The molecular weight excluding hydrogens is 294 g/mol. The summed E-state index contributed by atoms with van der Waals surface area (Å²) in [6.07, 6.45) is 0.211. The van der Waals surface area contributed by atoms with Crippen LogP contribution in [0.1, 0.15) is 31.1 Å². The van der Waals surface area contributed by atoms with Gasteiger partial charge in [0.05, 0.1) is 17.3 Å². The van der Waals surface area contributed by atoms with E-state index in [1.807, 2.05) is 5.51 Å². The van der Waals surface area contributed by atoms with E-state index in [1.54, 1.807) is 11.3 Å². The molecule has 1 atom stereocenters. The fraction of sp³-hybridized carbons (Fsp3) is 0.471. The monoisotopic (exact) mass is 317 g/mol. The van der Waals surface area contributed by atoms with Gasteiger partial charge < -0.3 is 10.1 Å². The average Bonchev–Trinajstić information content (AvgIpc) is 3.01. The maximum absolute atomic E-state index is 5.73. The van der Waals surface area contributed by atoms with Crippen molar-refractivity contribution in [2.24, 2.45) is 0 Å². The molecule has 1 aliphatic heterocycles. The molecular formula is C17H23N3OS. The van der Waals surface area contributed by atoms with Crippen LogP contribution in [0, 0.1) is 0 Å². The first-order chi connectivity index (χ1) is 10.7. The van der Waals surface area contributed by atoms with Crippen LogP contribution in [0.2, 0.25) is 0 Å². The van der Waals surface area contributed by atoms with Crippen molar-refractivity contribution in [3.05, 3.63) is 46.4 Å². The molecule has 0 unspecified atom stereocenters. The molecule has 0 saturated carbocycles. The number of aromatic nitrogens is 1. The van der Waals surface area contributed by atoms with Crippen molar-refractivity contribution in [3.63, 3.8) is 0 Å². The lowest BCUT2D eigenvalue weighted by atomic mass is 10.0. The predicted octanol–water partition coefficient (Wildman–Crippen LogP) is 3.08. The summed E-state index contributed by atoms with van der Waals surface area (Å²) >= 11 is 1.66. The third-order valence-corrected chi connectivity index (χ3v) is 4.47. The Morgan fingerprint density at radius 3 is 2.86 bits per heavy atom. The van der Waals surface area contributed by atoms with E-state index in [9.17, 15) is 0 Å². The van der Waals surface area contributed by atoms with Gasteiger partial charge >= 0.3 is 0 Å². The van der Waals surface area contributed by atoms with Gasteiger partial charge in [-0.2, -0.15) is 0 Å². The van der Waals surface area contributed by atoms with Gasteiger partial charge in [-0.05, 0) is 31.5 Å². The van der Waals surface area contributed by atoms with Gasteiger partial charge in [0.2, 0.25) is 0 Å². The van der Waals surface area contributed by atoms with Gasteiger partial charge in [-0.3, -0.25) is 4.90 Å². The maximum atomic E-state index is 5.73. The van der Waals surface area contributed by atoms with Gasteiger partial charge in [0, 0.05) is 37.6 Å². The molecule has 1 aromatic carbocycles. The third-order valence-electron chi connectivity index (χ3n) is 3.84. The fourth-order valence-electron chi connectivity index (χ4n) is 2.83. The number of ether oxygens (including phenoxy) is 1. The maximum Gasteiger partial charge on any atom is 0.119 e. The number of hydrogen-bond donors (Lipinski definition) is 1. The Bertz CT molecular complexity index is 568. The fourth-order valence-corrected chi connectivity index (χ4v) is 3.38. The lowest BCUT2D eigenvalue weighted by Crippen LogP contribution is -2.45. The molecule has 22 heavy (non-hydrogen) atoms. The van der Waals surface area contributed by atoms with E-state index in [1.165, 1.54) is 5.56 Å². The molecule has 1 N–H and O–H groups in total. The van der Waals surface area contributed by atoms with Gasteiger partial charge in [0.1, 0.15) is 5.75 Å². The number of nitrogens with one attached hydrogen (secondary N) is 1. The highest BCUT2D eigenvalue weighted by molar-refractivity contribution is 7.07. The summed E-state index contributed by atoms with van der Waals surface area (Å²) in [7, 11) is 0. The number of thiazole rings is 1. The zero-order valence-electron chi connectivity index (χ0n) is 13.2. The second-order valence-corrected chi connectivity index (χ2v) is 6.62. The third kappa shape index (κ3) is 3.85. The second kappa shape index (κ2) is 7.22. The number of rotatable bonds is 5. The first kappa shape index (κ1) is 15.5. The van der Waals surface area contributed by atoms with Gasteiger partial charge in [-0.25, -0.2) is 4.98 Å². The zero-order valence-corrected chi connectivity index (χ0v) is 14.0. The SMILES string of the molecule is CC(C)Oc1ccc([C@H]2CNCCN2Cc2cscn2)cc1. The lowest BCUT2D eigenvalue weighted by Gasteiger charge is -2.36. The minimum Gasteiger partial charge on any atom is -0.491 e. The minimum absolute atomic E-state index is 0.211. The molecule has 5 heteroatoms. The van der Waals surface area contributed by atoms with E-state index in [0.29, 0.717) is 6.04 Å². The average molecular weight is 317 g/mol. The van der Waals surface area contributed by atoms with Crippen LogP contribution >= 0.6 is 11.3 Å². The first-order valence-electron chi connectivity index (χ1n) is 7.81. The first-order valence-corrected chi connectivity index (χ1v) is 8.75. The summed E-state index contributed by atoms with van der Waals surface area (Å²) < 4.78 is 5.73. The summed E-state index contributed by atoms with van der Waals surface area (Å²) in [4.78, 5) is 6.93. The van der Waals surface area contributed by atoms with Crippen molar-refractivity contribution in [1.82, 2.24) is 15.2 Å². The van der Waals surface area contributed by atoms with Crippen LogP contribution in [-0.4, -0.2) is 35.6 Å². The molecule has 2 aromatic rings. The Balaban J connectivity index is 1.72. The smallest absolute Gasteiger partial charge is 0.119 e. The van der Waals surface area contributed by atoms with Crippen molar-refractivity contribution < 1.29 is 4.74 Å². The number of hydrogen-bond acceptors (Lipinski definition) is 5. The number of benzene rings is 1. The molecule has 0 spiro atoms. The Labute approximate surface area is 136 Å². The van der Waals surface area contributed by atoms with Crippen LogP contribution in [0.5, 0.6) is 5.75 Å². The summed E-state index contributed by atoms with van der Waals surface area (Å²) in [5, 5.41) is 5.64. The van der Waals surface area contributed by atoms with E-state index < -0.39 is 0 Å². The standard InChI is InChI=1S/C17H23N3OS/c1-13(2)21-16-5-3-14(4-6-16)17-9-18-7-8-20(17)10-15-11-22-12-19-15/h3-6,11-13,17-18H,7-10H2,1-2H3/t17-/m1/s1. The molecule has 2 heterocycles. The number of nitrogens with zero attached hydrogens (tertiary/aromatic N) is 2. The summed E-state index contributed by atoms with van der Waals surface area (Å²) in [5.41, 5.74) is 4.40. The van der Waals surface area contributed by atoms with Gasteiger partial charge in [0.25, 0.3) is 0 Å².